The van der Waals surface area contributed by atoms with Crippen LogP contribution in [-0.2, 0) is 0 Å². The molecule has 0 aliphatic heterocycles. The number of anilines is 3. The van der Waals surface area contributed by atoms with Crippen molar-refractivity contribution in [3.8, 4) is 0 Å². The number of aryl methyl sites for hydroxylation is 1. The fraction of sp³-hybridized carbons (Fsp3) is 0.278. The predicted molar refractivity (Wildman–Crippen MR) is 92.7 cm³/mol. The van der Waals surface area contributed by atoms with E-state index in [0.717, 1.165) is 17.8 Å². The average Bonchev–Trinajstić information content (AvgIpc) is 2.51. The van der Waals surface area contributed by atoms with Crippen molar-refractivity contribution in [1.82, 2.24) is 5.32 Å². The van der Waals surface area contributed by atoms with Gasteiger partial charge in [-0.15, -0.1) is 0 Å². The molecule has 0 heterocycles. The topological polar surface area (TPSA) is 67.2 Å². The zero-order chi connectivity index (χ0) is 16.1. The van der Waals surface area contributed by atoms with Gasteiger partial charge in [0.25, 0.3) is 5.91 Å². The summed E-state index contributed by atoms with van der Waals surface area (Å²) >= 11 is 0. The van der Waals surface area contributed by atoms with Crippen LogP contribution in [0, 0.1) is 13.8 Å². The first-order chi connectivity index (χ1) is 10.5. The summed E-state index contributed by atoms with van der Waals surface area (Å²) in [7, 11) is 0. The summed E-state index contributed by atoms with van der Waals surface area (Å²) in [5.41, 5.74) is 11.1. The van der Waals surface area contributed by atoms with Gasteiger partial charge in [0.2, 0.25) is 0 Å². The Morgan fingerprint density at radius 1 is 1.14 bits per heavy atom. The smallest absolute Gasteiger partial charge is 0.253 e. The molecule has 4 nitrogen and oxygen atoms in total. The van der Waals surface area contributed by atoms with Gasteiger partial charge in [0.1, 0.15) is 0 Å². The van der Waals surface area contributed by atoms with Gasteiger partial charge in [0, 0.05) is 17.9 Å². The average molecular weight is 297 g/mol. The van der Waals surface area contributed by atoms with Crippen LogP contribution in [0.4, 0.5) is 17.1 Å². The monoisotopic (exact) mass is 297 g/mol. The van der Waals surface area contributed by atoms with Crippen LogP contribution < -0.4 is 16.4 Å². The first kappa shape index (κ1) is 15.9. The number of rotatable bonds is 5. The number of nitrogens with two attached hydrogens (primary N) is 1. The maximum atomic E-state index is 12.3. The molecular formula is C18H23N3O. The lowest BCUT2D eigenvalue weighted by Crippen LogP contribution is -2.25. The minimum Gasteiger partial charge on any atom is -0.399 e. The van der Waals surface area contributed by atoms with Crippen LogP contribution >= 0.6 is 0 Å². The lowest BCUT2D eigenvalue weighted by Gasteiger charge is -2.15. The summed E-state index contributed by atoms with van der Waals surface area (Å²) in [5.74, 6) is -0.109. The Balaban J connectivity index is 2.34. The summed E-state index contributed by atoms with van der Waals surface area (Å²) in [4.78, 5) is 12.3. The molecule has 0 unspecified atom stereocenters. The zero-order valence-electron chi connectivity index (χ0n) is 13.4. The van der Waals surface area contributed by atoms with Crippen molar-refractivity contribution in [1.29, 1.82) is 0 Å². The van der Waals surface area contributed by atoms with E-state index in [0.29, 0.717) is 17.8 Å². The van der Waals surface area contributed by atoms with E-state index in [9.17, 15) is 4.79 Å². The van der Waals surface area contributed by atoms with Crippen molar-refractivity contribution in [3.05, 3.63) is 53.1 Å². The summed E-state index contributed by atoms with van der Waals surface area (Å²) in [5, 5.41) is 6.24. The minimum absolute atomic E-state index is 0.109. The number of nitrogens with one attached hydrogen (secondary N) is 2. The fourth-order valence-corrected chi connectivity index (χ4v) is 2.22. The van der Waals surface area contributed by atoms with E-state index in [1.165, 1.54) is 11.1 Å². The van der Waals surface area contributed by atoms with E-state index in [4.69, 9.17) is 5.73 Å². The molecule has 4 N–H and O–H groups in total. The largest absolute Gasteiger partial charge is 0.399 e. The van der Waals surface area contributed by atoms with Crippen LogP contribution in [0.2, 0.25) is 0 Å². The Labute approximate surface area is 131 Å². The molecule has 2 rings (SSSR count). The molecule has 0 aromatic heterocycles. The van der Waals surface area contributed by atoms with E-state index in [1.807, 2.05) is 25.1 Å². The van der Waals surface area contributed by atoms with Crippen molar-refractivity contribution >= 4 is 23.0 Å². The van der Waals surface area contributed by atoms with Crippen LogP contribution in [0.1, 0.15) is 34.8 Å². The van der Waals surface area contributed by atoms with Crippen LogP contribution in [0.25, 0.3) is 0 Å². The van der Waals surface area contributed by atoms with Crippen LogP contribution in [0.3, 0.4) is 0 Å². The third-order valence-electron chi connectivity index (χ3n) is 3.70. The van der Waals surface area contributed by atoms with Gasteiger partial charge in [-0.1, -0.05) is 19.1 Å². The molecule has 116 valence electrons. The highest BCUT2D eigenvalue weighted by atomic mass is 16.1. The lowest BCUT2D eigenvalue weighted by molar-refractivity contribution is 0.0954. The Bertz CT molecular complexity index is 680. The minimum atomic E-state index is -0.109. The standard InChI is InChI=1S/C18H23N3O/c1-4-10-20-18(22)15-11-14(19)8-9-17(15)21-16-7-5-6-12(2)13(16)3/h5-9,11,21H,4,10,19H2,1-3H3,(H,20,22). The molecule has 0 radical (unpaired) electrons. The molecule has 0 aliphatic rings. The molecule has 1 amide bonds. The van der Waals surface area contributed by atoms with Crippen molar-refractivity contribution in [2.24, 2.45) is 0 Å². The van der Waals surface area contributed by atoms with Crippen LogP contribution in [-0.4, -0.2) is 12.5 Å². The van der Waals surface area contributed by atoms with Crippen molar-refractivity contribution in [3.63, 3.8) is 0 Å². The molecule has 0 atom stereocenters. The molecule has 22 heavy (non-hydrogen) atoms. The molecule has 2 aromatic carbocycles. The lowest BCUT2D eigenvalue weighted by atomic mass is 10.1. The number of benzene rings is 2. The normalized spacial score (nSPS) is 10.3. The van der Waals surface area contributed by atoms with E-state index >= 15 is 0 Å². The SMILES string of the molecule is CCCNC(=O)c1cc(N)ccc1Nc1cccc(C)c1C. The maximum Gasteiger partial charge on any atom is 0.253 e. The molecule has 0 bridgehead atoms. The van der Waals surface area contributed by atoms with E-state index in [1.54, 1.807) is 12.1 Å². The van der Waals surface area contributed by atoms with Gasteiger partial charge in [-0.05, 0) is 55.7 Å². The number of nitrogen functional groups attached to an aromatic ring is 1. The Morgan fingerprint density at radius 3 is 2.64 bits per heavy atom. The third kappa shape index (κ3) is 3.58. The first-order valence-corrected chi connectivity index (χ1v) is 7.54. The molecule has 0 saturated heterocycles. The Kier molecular flexibility index (Phi) is 5.04. The van der Waals surface area contributed by atoms with Crippen LogP contribution in [0.15, 0.2) is 36.4 Å². The van der Waals surface area contributed by atoms with Crippen LogP contribution in [0.5, 0.6) is 0 Å². The second-order valence-electron chi connectivity index (χ2n) is 5.43. The quantitative estimate of drug-likeness (QED) is 0.736. The van der Waals surface area contributed by atoms with Gasteiger partial charge < -0.3 is 16.4 Å². The van der Waals surface area contributed by atoms with Gasteiger partial charge in [0.15, 0.2) is 0 Å². The van der Waals surface area contributed by atoms with Gasteiger partial charge in [-0.2, -0.15) is 0 Å². The highest BCUT2D eigenvalue weighted by Gasteiger charge is 2.12. The number of carbonyl (C=O) groups excluding carboxylic acids is 1. The Hall–Kier alpha value is -2.49. The van der Waals surface area contributed by atoms with Gasteiger partial charge in [-0.3, -0.25) is 4.79 Å². The van der Waals surface area contributed by atoms with E-state index in [2.05, 4.69) is 30.5 Å². The number of hydrogen-bond acceptors (Lipinski definition) is 3. The first-order valence-electron chi connectivity index (χ1n) is 7.54. The summed E-state index contributed by atoms with van der Waals surface area (Å²) < 4.78 is 0. The number of carbonyl (C=O) groups is 1. The highest BCUT2D eigenvalue weighted by Crippen LogP contribution is 2.26. The van der Waals surface area contributed by atoms with Gasteiger partial charge in [0.05, 0.1) is 11.3 Å². The number of amides is 1. The molecule has 0 fully saturated rings. The van der Waals surface area contributed by atoms with E-state index < -0.39 is 0 Å². The molecule has 0 saturated carbocycles. The molecule has 0 spiro atoms. The Morgan fingerprint density at radius 2 is 1.91 bits per heavy atom. The second-order valence-corrected chi connectivity index (χ2v) is 5.43. The number of hydrogen-bond donors (Lipinski definition) is 3. The summed E-state index contributed by atoms with van der Waals surface area (Å²) in [6.45, 7) is 6.80. The van der Waals surface area contributed by atoms with E-state index in [-0.39, 0.29) is 5.91 Å². The van der Waals surface area contributed by atoms with Crippen molar-refractivity contribution in [2.75, 3.05) is 17.6 Å². The maximum absolute atomic E-state index is 12.3. The zero-order valence-corrected chi connectivity index (χ0v) is 13.4. The van der Waals surface area contributed by atoms with Gasteiger partial charge in [-0.25, -0.2) is 0 Å². The predicted octanol–water partition coefficient (Wildman–Crippen LogP) is 3.77. The third-order valence-corrected chi connectivity index (χ3v) is 3.70. The molecule has 0 aliphatic carbocycles. The van der Waals surface area contributed by atoms with Gasteiger partial charge >= 0.3 is 0 Å². The molecule has 4 heteroatoms. The summed E-state index contributed by atoms with van der Waals surface area (Å²) in [6, 6.07) is 11.4. The fourth-order valence-electron chi connectivity index (χ4n) is 2.22. The van der Waals surface area contributed by atoms with Crippen molar-refractivity contribution < 1.29 is 4.79 Å². The van der Waals surface area contributed by atoms with Crippen molar-refractivity contribution in [2.45, 2.75) is 27.2 Å². The molecular weight excluding hydrogens is 274 g/mol. The summed E-state index contributed by atoms with van der Waals surface area (Å²) in [6.07, 6.45) is 0.897. The highest BCUT2D eigenvalue weighted by molar-refractivity contribution is 6.01. The second kappa shape index (κ2) is 6.98. The molecule has 2 aromatic rings.